The molecule has 148 valence electrons. The molecule has 2 aromatic heterocycles. The summed E-state index contributed by atoms with van der Waals surface area (Å²) in [6.07, 6.45) is 2.02. The number of hydrogen-bond donors (Lipinski definition) is 1. The first kappa shape index (κ1) is 19.0. The molecule has 1 aliphatic heterocycles. The standard InChI is InChI=1S/C20H19N5O3S/c1-13-12-29-19(22-13)14-2-4-15(5-3-14)20(26)24-9-8-16(11-24)23-18-7-6-17(10-21-18)25(27)28/h2-7,10,12,16H,8-9,11H2,1H3,(H,21,23). The highest BCUT2D eigenvalue weighted by molar-refractivity contribution is 7.13. The molecule has 3 aromatic rings. The highest BCUT2D eigenvalue weighted by atomic mass is 32.1. The molecule has 1 saturated heterocycles. The van der Waals surface area contributed by atoms with E-state index < -0.39 is 4.92 Å². The van der Waals surface area contributed by atoms with E-state index >= 15 is 0 Å². The Balaban J connectivity index is 1.37. The lowest BCUT2D eigenvalue weighted by Crippen LogP contribution is -2.31. The summed E-state index contributed by atoms with van der Waals surface area (Å²) in [5.41, 5.74) is 2.60. The van der Waals surface area contributed by atoms with Gasteiger partial charge in [-0.15, -0.1) is 11.3 Å². The summed E-state index contributed by atoms with van der Waals surface area (Å²) in [6.45, 7) is 3.17. The maximum Gasteiger partial charge on any atom is 0.287 e. The summed E-state index contributed by atoms with van der Waals surface area (Å²) in [7, 11) is 0. The lowest BCUT2D eigenvalue weighted by atomic mass is 10.1. The van der Waals surface area contributed by atoms with Crippen LogP contribution in [0.3, 0.4) is 0 Å². The molecule has 9 heteroatoms. The second-order valence-corrected chi connectivity index (χ2v) is 7.77. The van der Waals surface area contributed by atoms with E-state index in [9.17, 15) is 14.9 Å². The Morgan fingerprint density at radius 1 is 1.28 bits per heavy atom. The average molecular weight is 409 g/mol. The van der Waals surface area contributed by atoms with Gasteiger partial charge < -0.3 is 10.2 Å². The van der Waals surface area contributed by atoms with Crippen LogP contribution in [-0.2, 0) is 0 Å². The zero-order chi connectivity index (χ0) is 20.4. The number of benzene rings is 1. The molecule has 0 aliphatic carbocycles. The normalized spacial score (nSPS) is 16.0. The molecule has 0 saturated carbocycles. The SMILES string of the molecule is Cc1csc(-c2ccc(C(=O)N3CCC(Nc4ccc([N+](=O)[O-])cn4)C3)cc2)n1. The Morgan fingerprint density at radius 2 is 2.07 bits per heavy atom. The minimum atomic E-state index is -0.478. The smallest absolute Gasteiger partial charge is 0.287 e. The number of rotatable bonds is 5. The third kappa shape index (κ3) is 4.24. The molecular formula is C20H19N5O3S. The minimum absolute atomic E-state index is 0.00664. The van der Waals surface area contributed by atoms with E-state index in [4.69, 9.17) is 0 Å². The second-order valence-electron chi connectivity index (χ2n) is 6.91. The molecule has 29 heavy (non-hydrogen) atoms. The van der Waals surface area contributed by atoms with Crippen LogP contribution in [-0.4, -0.2) is 44.8 Å². The van der Waals surface area contributed by atoms with Crippen molar-refractivity contribution >= 4 is 28.7 Å². The third-order valence-electron chi connectivity index (χ3n) is 4.78. The molecule has 1 aromatic carbocycles. The number of aryl methyl sites for hydroxylation is 1. The number of nitrogens with one attached hydrogen (secondary N) is 1. The van der Waals surface area contributed by atoms with Crippen LogP contribution in [0.5, 0.6) is 0 Å². The predicted molar refractivity (Wildman–Crippen MR) is 111 cm³/mol. The molecule has 0 bridgehead atoms. The molecular weight excluding hydrogens is 390 g/mol. The van der Waals surface area contributed by atoms with Gasteiger partial charge in [-0.2, -0.15) is 0 Å². The Labute approximate surface area is 171 Å². The van der Waals surface area contributed by atoms with Crippen LogP contribution >= 0.6 is 11.3 Å². The number of likely N-dealkylation sites (tertiary alicyclic amines) is 1. The minimum Gasteiger partial charge on any atom is -0.365 e. The quantitative estimate of drug-likeness (QED) is 0.509. The number of pyridine rings is 1. The van der Waals surface area contributed by atoms with E-state index in [1.807, 2.05) is 41.5 Å². The van der Waals surface area contributed by atoms with Crippen LogP contribution in [0.2, 0.25) is 0 Å². The molecule has 4 rings (SSSR count). The van der Waals surface area contributed by atoms with Gasteiger partial charge in [-0.3, -0.25) is 14.9 Å². The molecule has 1 unspecified atom stereocenters. The van der Waals surface area contributed by atoms with Gasteiger partial charge in [0.05, 0.1) is 4.92 Å². The van der Waals surface area contributed by atoms with Gasteiger partial charge in [0, 0.05) is 47.4 Å². The van der Waals surface area contributed by atoms with Gasteiger partial charge in [-0.05, 0) is 31.5 Å². The van der Waals surface area contributed by atoms with Crippen molar-refractivity contribution in [2.75, 3.05) is 18.4 Å². The number of aromatic nitrogens is 2. The van der Waals surface area contributed by atoms with Gasteiger partial charge in [0.2, 0.25) is 0 Å². The number of thiazole rings is 1. The fourth-order valence-electron chi connectivity index (χ4n) is 3.28. The van der Waals surface area contributed by atoms with E-state index in [1.54, 1.807) is 17.4 Å². The first-order chi connectivity index (χ1) is 14.0. The molecule has 1 fully saturated rings. The van der Waals surface area contributed by atoms with Gasteiger partial charge in [-0.1, -0.05) is 12.1 Å². The highest BCUT2D eigenvalue weighted by Crippen LogP contribution is 2.25. The van der Waals surface area contributed by atoms with Crippen molar-refractivity contribution in [1.82, 2.24) is 14.9 Å². The number of nitro groups is 1. The molecule has 0 radical (unpaired) electrons. The molecule has 8 nitrogen and oxygen atoms in total. The van der Waals surface area contributed by atoms with E-state index in [0.717, 1.165) is 22.7 Å². The lowest BCUT2D eigenvalue weighted by molar-refractivity contribution is -0.385. The van der Waals surface area contributed by atoms with Crippen molar-refractivity contribution in [2.45, 2.75) is 19.4 Å². The van der Waals surface area contributed by atoms with Crippen LogP contribution in [0.15, 0.2) is 48.0 Å². The topological polar surface area (TPSA) is 101 Å². The summed E-state index contributed by atoms with van der Waals surface area (Å²) in [5, 5.41) is 16.9. The number of amides is 1. The summed E-state index contributed by atoms with van der Waals surface area (Å²) >= 11 is 1.59. The molecule has 1 aliphatic rings. The number of carbonyl (C=O) groups excluding carboxylic acids is 1. The highest BCUT2D eigenvalue weighted by Gasteiger charge is 2.27. The monoisotopic (exact) mass is 409 g/mol. The van der Waals surface area contributed by atoms with E-state index in [1.165, 1.54) is 12.3 Å². The predicted octanol–water partition coefficient (Wildman–Crippen LogP) is 3.75. The largest absolute Gasteiger partial charge is 0.365 e. The summed E-state index contributed by atoms with van der Waals surface area (Å²) in [4.78, 5) is 33.4. The van der Waals surface area contributed by atoms with Gasteiger partial charge in [0.25, 0.3) is 11.6 Å². The average Bonchev–Trinajstić information content (AvgIpc) is 3.37. The van der Waals surface area contributed by atoms with Crippen molar-refractivity contribution in [3.63, 3.8) is 0 Å². The van der Waals surface area contributed by atoms with E-state index in [-0.39, 0.29) is 17.6 Å². The Morgan fingerprint density at radius 3 is 2.69 bits per heavy atom. The Bertz CT molecular complexity index is 1030. The fraction of sp³-hybridized carbons (Fsp3) is 0.250. The van der Waals surface area contributed by atoms with E-state index in [0.29, 0.717) is 24.5 Å². The molecule has 1 amide bonds. The first-order valence-electron chi connectivity index (χ1n) is 9.18. The second kappa shape index (κ2) is 7.96. The molecule has 3 heterocycles. The van der Waals surface area contributed by atoms with Crippen LogP contribution in [0.25, 0.3) is 10.6 Å². The molecule has 0 spiro atoms. The van der Waals surface area contributed by atoms with Crippen LogP contribution in [0.4, 0.5) is 11.5 Å². The van der Waals surface area contributed by atoms with Gasteiger partial charge >= 0.3 is 0 Å². The fourth-order valence-corrected chi connectivity index (χ4v) is 4.08. The number of nitrogens with zero attached hydrogens (tertiary/aromatic N) is 4. The Kier molecular flexibility index (Phi) is 5.22. The zero-order valence-electron chi connectivity index (χ0n) is 15.7. The van der Waals surface area contributed by atoms with Gasteiger partial charge in [-0.25, -0.2) is 9.97 Å². The number of carbonyl (C=O) groups is 1. The van der Waals surface area contributed by atoms with Crippen molar-refractivity contribution in [3.05, 3.63) is 69.3 Å². The summed E-state index contributed by atoms with van der Waals surface area (Å²) < 4.78 is 0. The third-order valence-corrected chi connectivity index (χ3v) is 5.79. The summed E-state index contributed by atoms with van der Waals surface area (Å²) in [6, 6.07) is 10.6. The van der Waals surface area contributed by atoms with E-state index in [2.05, 4.69) is 15.3 Å². The van der Waals surface area contributed by atoms with Gasteiger partial charge in [0.1, 0.15) is 17.0 Å². The molecule has 1 atom stereocenters. The number of hydrogen-bond acceptors (Lipinski definition) is 7. The first-order valence-corrected chi connectivity index (χ1v) is 10.1. The van der Waals surface area contributed by atoms with Crippen LogP contribution < -0.4 is 5.32 Å². The maximum absolute atomic E-state index is 12.8. The van der Waals surface area contributed by atoms with Crippen molar-refractivity contribution in [3.8, 4) is 10.6 Å². The van der Waals surface area contributed by atoms with Crippen molar-refractivity contribution < 1.29 is 9.72 Å². The van der Waals surface area contributed by atoms with Gasteiger partial charge in [0.15, 0.2) is 0 Å². The number of anilines is 1. The van der Waals surface area contributed by atoms with Crippen molar-refractivity contribution in [2.24, 2.45) is 0 Å². The van der Waals surface area contributed by atoms with Crippen LogP contribution in [0, 0.1) is 17.0 Å². The lowest BCUT2D eigenvalue weighted by Gasteiger charge is -2.17. The zero-order valence-corrected chi connectivity index (χ0v) is 16.6. The molecule has 1 N–H and O–H groups in total. The van der Waals surface area contributed by atoms with Crippen LogP contribution in [0.1, 0.15) is 22.5 Å². The maximum atomic E-state index is 12.8. The summed E-state index contributed by atoms with van der Waals surface area (Å²) in [5.74, 6) is 0.561. The Hall–Kier alpha value is -3.33. The van der Waals surface area contributed by atoms with Crippen molar-refractivity contribution in [1.29, 1.82) is 0 Å².